The highest BCUT2D eigenvalue weighted by Gasteiger charge is 2.25. The smallest absolute Gasteiger partial charge is 0.153 e. The lowest BCUT2D eigenvalue weighted by molar-refractivity contribution is 0.0126. The van der Waals surface area contributed by atoms with Crippen LogP contribution in [0, 0.1) is 0 Å². The molecule has 0 unspecified atom stereocenters. The first kappa shape index (κ1) is 15.8. The van der Waals surface area contributed by atoms with Gasteiger partial charge in [-0.25, -0.2) is 9.97 Å². The van der Waals surface area contributed by atoms with E-state index in [9.17, 15) is 0 Å². The standard InChI is InChI=1S/C16H26N4O2/c1-21-13-16-17-10-14(11-18-16)12-19-4-6-20(7-5-19)15-2-8-22-9-3-15/h10-11,15H,2-9,12-13H2,1H3. The molecule has 2 aliphatic heterocycles. The van der Waals surface area contributed by atoms with Gasteiger partial charge >= 0.3 is 0 Å². The van der Waals surface area contributed by atoms with Crippen molar-refractivity contribution in [3.63, 3.8) is 0 Å². The lowest BCUT2D eigenvalue weighted by atomic mass is 10.1. The molecule has 0 atom stereocenters. The number of hydrogen-bond acceptors (Lipinski definition) is 6. The van der Waals surface area contributed by atoms with Crippen molar-refractivity contribution in [3.8, 4) is 0 Å². The number of aromatic nitrogens is 2. The molecule has 0 bridgehead atoms. The molecular weight excluding hydrogens is 280 g/mol. The number of hydrogen-bond donors (Lipinski definition) is 0. The quantitative estimate of drug-likeness (QED) is 0.806. The van der Waals surface area contributed by atoms with E-state index in [0.29, 0.717) is 6.61 Å². The maximum Gasteiger partial charge on any atom is 0.153 e. The Hall–Kier alpha value is -1.08. The Balaban J connectivity index is 1.45. The van der Waals surface area contributed by atoms with E-state index in [4.69, 9.17) is 9.47 Å². The summed E-state index contributed by atoms with van der Waals surface area (Å²) in [4.78, 5) is 13.8. The molecule has 0 N–H and O–H groups in total. The summed E-state index contributed by atoms with van der Waals surface area (Å²) >= 11 is 0. The Morgan fingerprint density at radius 1 is 1.14 bits per heavy atom. The van der Waals surface area contributed by atoms with Crippen molar-refractivity contribution in [2.75, 3.05) is 46.5 Å². The third kappa shape index (κ3) is 4.23. The predicted octanol–water partition coefficient (Wildman–Crippen LogP) is 0.920. The average Bonchev–Trinajstić information content (AvgIpc) is 2.58. The Labute approximate surface area is 132 Å². The van der Waals surface area contributed by atoms with E-state index in [2.05, 4.69) is 19.8 Å². The van der Waals surface area contributed by atoms with Crippen LogP contribution in [0.15, 0.2) is 12.4 Å². The van der Waals surface area contributed by atoms with Gasteiger partial charge in [0.2, 0.25) is 0 Å². The first-order valence-corrected chi connectivity index (χ1v) is 8.18. The number of methoxy groups -OCH3 is 1. The van der Waals surface area contributed by atoms with Gasteiger partial charge in [-0.3, -0.25) is 9.80 Å². The molecule has 3 heterocycles. The summed E-state index contributed by atoms with van der Waals surface area (Å²) in [5, 5.41) is 0. The molecule has 6 heteroatoms. The summed E-state index contributed by atoms with van der Waals surface area (Å²) in [6.07, 6.45) is 6.22. The third-order valence-corrected chi connectivity index (χ3v) is 4.55. The lowest BCUT2D eigenvalue weighted by Crippen LogP contribution is -2.51. The lowest BCUT2D eigenvalue weighted by Gasteiger charge is -2.40. The summed E-state index contributed by atoms with van der Waals surface area (Å²) in [5.41, 5.74) is 1.18. The zero-order chi connectivity index (χ0) is 15.2. The van der Waals surface area contributed by atoms with Crippen LogP contribution in [0.5, 0.6) is 0 Å². The van der Waals surface area contributed by atoms with Gasteiger partial charge in [0, 0.05) is 77.0 Å². The third-order valence-electron chi connectivity index (χ3n) is 4.55. The first-order chi connectivity index (χ1) is 10.8. The Morgan fingerprint density at radius 2 is 1.82 bits per heavy atom. The van der Waals surface area contributed by atoms with E-state index in [-0.39, 0.29) is 0 Å². The van der Waals surface area contributed by atoms with Crippen LogP contribution < -0.4 is 0 Å². The number of piperazine rings is 1. The van der Waals surface area contributed by atoms with Gasteiger partial charge in [0.05, 0.1) is 0 Å². The zero-order valence-corrected chi connectivity index (χ0v) is 13.4. The molecule has 2 saturated heterocycles. The Kier molecular flexibility index (Phi) is 5.72. The first-order valence-electron chi connectivity index (χ1n) is 8.18. The van der Waals surface area contributed by atoms with E-state index in [1.54, 1.807) is 7.11 Å². The number of ether oxygens (including phenoxy) is 2. The summed E-state index contributed by atoms with van der Waals surface area (Å²) in [6.45, 7) is 7.83. The van der Waals surface area contributed by atoms with Crippen LogP contribution >= 0.6 is 0 Å². The summed E-state index contributed by atoms with van der Waals surface area (Å²) < 4.78 is 10.5. The summed E-state index contributed by atoms with van der Waals surface area (Å²) in [5.74, 6) is 0.746. The van der Waals surface area contributed by atoms with Crippen molar-refractivity contribution < 1.29 is 9.47 Å². The highest BCUT2D eigenvalue weighted by molar-refractivity contribution is 5.05. The van der Waals surface area contributed by atoms with Gasteiger partial charge in [0.15, 0.2) is 5.82 Å². The molecule has 2 aliphatic rings. The molecule has 0 amide bonds. The molecule has 1 aromatic rings. The fourth-order valence-corrected chi connectivity index (χ4v) is 3.26. The van der Waals surface area contributed by atoms with Gasteiger partial charge in [-0.1, -0.05) is 0 Å². The molecule has 3 rings (SSSR count). The molecule has 0 spiro atoms. The highest BCUT2D eigenvalue weighted by atomic mass is 16.5. The van der Waals surface area contributed by atoms with Gasteiger partial charge in [-0.15, -0.1) is 0 Å². The van der Waals surface area contributed by atoms with Crippen molar-refractivity contribution in [2.45, 2.75) is 32.0 Å². The van der Waals surface area contributed by atoms with Crippen LogP contribution in [0.4, 0.5) is 0 Å². The van der Waals surface area contributed by atoms with Crippen molar-refractivity contribution in [3.05, 3.63) is 23.8 Å². The maximum atomic E-state index is 5.46. The average molecular weight is 306 g/mol. The molecular formula is C16H26N4O2. The monoisotopic (exact) mass is 306 g/mol. The number of nitrogens with zero attached hydrogens (tertiary/aromatic N) is 4. The Morgan fingerprint density at radius 3 is 2.45 bits per heavy atom. The number of rotatable bonds is 5. The summed E-state index contributed by atoms with van der Waals surface area (Å²) in [7, 11) is 1.66. The zero-order valence-electron chi connectivity index (χ0n) is 13.4. The second-order valence-corrected chi connectivity index (χ2v) is 6.10. The van der Waals surface area contributed by atoms with E-state index in [0.717, 1.165) is 57.8 Å². The van der Waals surface area contributed by atoms with Crippen LogP contribution in [-0.2, 0) is 22.6 Å². The van der Waals surface area contributed by atoms with Gasteiger partial charge in [-0.2, -0.15) is 0 Å². The van der Waals surface area contributed by atoms with Crippen LogP contribution in [-0.4, -0.2) is 72.3 Å². The van der Waals surface area contributed by atoms with E-state index in [1.165, 1.54) is 18.4 Å². The fraction of sp³-hybridized carbons (Fsp3) is 0.750. The molecule has 1 aromatic heterocycles. The van der Waals surface area contributed by atoms with Gasteiger partial charge in [0.1, 0.15) is 6.61 Å². The van der Waals surface area contributed by atoms with Crippen molar-refractivity contribution in [1.29, 1.82) is 0 Å². The van der Waals surface area contributed by atoms with Crippen molar-refractivity contribution in [1.82, 2.24) is 19.8 Å². The normalized spacial score (nSPS) is 22.0. The van der Waals surface area contributed by atoms with Crippen molar-refractivity contribution >= 4 is 0 Å². The highest BCUT2D eigenvalue weighted by Crippen LogP contribution is 2.17. The molecule has 0 aromatic carbocycles. The SMILES string of the molecule is COCc1ncc(CN2CCN(C3CCOCC3)CC2)cn1. The molecule has 2 fully saturated rings. The second-order valence-electron chi connectivity index (χ2n) is 6.10. The summed E-state index contributed by atoms with van der Waals surface area (Å²) in [6, 6.07) is 0.729. The van der Waals surface area contributed by atoms with Crippen LogP contribution in [0.25, 0.3) is 0 Å². The molecule has 0 radical (unpaired) electrons. The Bertz CT molecular complexity index is 440. The van der Waals surface area contributed by atoms with Gasteiger partial charge in [0.25, 0.3) is 0 Å². The molecule has 6 nitrogen and oxygen atoms in total. The van der Waals surface area contributed by atoms with E-state index in [1.807, 2.05) is 12.4 Å². The molecule has 122 valence electrons. The van der Waals surface area contributed by atoms with Crippen LogP contribution in [0.1, 0.15) is 24.2 Å². The minimum Gasteiger partial charge on any atom is -0.381 e. The molecule has 22 heavy (non-hydrogen) atoms. The second kappa shape index (κ2) is 7.97. The topological polar surface area (TPSA) is 50.7 Å². The van der Waals surface area contributed by atoms with E-state index < -0.39 is 0 Å². The largest absolute Gasteiger partial charge is 0.381 e. The van der Waals surface area contributed by atoms with Gasteiger partial charge in [-0.05, 0) is 12.8 Å². The molecule has 0 aliphatic carbocycles. The molecule has 0 saturated carbocycles. The van der Waals surface area contributed by atoms with Gasteiger partial charge < -0.3 is 9.47 Å². The van der Waals surface area contributed by atoms with E-state index >= 15 is 0 Å². The predicted molar refractivity (Wildman–Crippen MR) is 83.4 cm³/mol. The minimum atomic E-state index is 0.476. The maximum absolute atomic E-state index is 5.46. The van der Waals surface area contributed by atoms with Crippen LogP contribution in [0.2, 0.25) is 0 Å². The minimum absolute atomic E-state index is 0.476. The fourth-order valence-electron chi connectivity index (χ4n) is 3.26. The van der Waals surface area contributed by atoms with Crippen molar-refractivity contribution in [2.24, 2.45) is 0 Å². The van der Waals surface area contributed by atoms with Crippen LogP contribution in [0.3, 0.4) is 0 Å².